The molecule has 0 aliphatic heterocycles. The molecule has 0 saturated heterocycles. The van der Waals surface area contributed by atoms with Gasteiger partial charge in [-0.2, -0.15) is 5.10 Å². The van der Waals surface area contributed by atoms with Crippen molar-refractivity contribution >= 4 is 45.5 Å². The molecule has 3 nitrogen and oxygen atoms in total. The SMILES string of the molecule is O=C(NN=Cc1ccc2ccccc2c1)c1ccccc1I. The molecule has 0 bridgehead atoms. The first kappa shape index (κ1) is 14.7. The summed E-state index contributed by atoms with van der Waals surface area (Å²) in [6.45, 7) is 0. The summed E-state index contributed by atoms with van der Waals surface area (Å²) in [4.78, 5) is 12.0. The van der Waals surface area contributed by atoms with Gasteiger partial charge in [0.2, 0.25) is 0 Å². The number of benzene rings is 3. The maximum Gasteiger partial charge on any atom is 0.272 e. The molecular formula is C18H13IN2O. The lowest BCUT2D eigenvalue weighted by molar-refractivity contribution is 0.0954. The molecule has 0 heterocycles. The number of carbonyl (C=O) groups excluding carboxylic acids is 1. The molecule has 0 saturated carbocycles. The molecule has 108 valence electrons. The quantitative estimate of drug-likeness (QED) is 0.400. The number of hydrogen-bond acceptors (Lipinski definition) is 2. The summed E-state index contributed by atoms with van der Waals surface area (Å²) in [6, 6.07) is 21.6. The van der Waals surface area contributed by atoms with Crippen molar-refractivity contribution in [2.24, 2.45) is 5.10 Å². The monoisotopic (exact) mass is 400 g/mol. The summed E-state index contributed by atoms with van der Waals surface area (Å²) < 4.78 is 0.901. The van der Waals surface area contributed by atoms with Gasteiger partial charge in [0.1, 0.15) is 0 Å². The van der Waals surface area contributed by atoms with Crippen molar-refractivity contribution in [1.82, 2.24) is 5.43 Å². The lowest BCUT2D eigenvalue weighted by Gasteiger charge is -2.02. The Balaban J connectivity index is 1.73. The van der Waals surface area contributed by atoms with E-state index in [1.807, 2.05) is 48.5 Å². The highest BCUT2D eigenvalue weighted by molar-refractivity contribution is 14.1. The molecule has 4 heteroatoms. The second-order valence-corrected chi connectivity index (χ2v) is 5.95. The number of halogens is 1. The van der Waals surface area contributed by atoms with E-state index in [0.717, 1.165) is 14.5 Å². The molecule has 1 amide bonds. The summed E-state index contributed by atoms with van der Waals surface area (Å²) in [7, 11) is 0. The van der Waals surface area contributed by atoms with Gasteiger partial charge in [-0.25, -0.2) is 5.43 Å². The second kappa shape index (κ2) is 6.70. The first-order chi connectivity index (χ1) is 10.7. The summed E-state index contributed by atoms with van der Waals surface area (Å²) in [5.74, 6) is -0.206. The van der Waals surface area contributed by atoms with Gasteiger partial charge in [-0.1, -0.05) is 48.5 Å². The molecule has 1 N–H and O–H groups in total. The van der Waals surface area contributed by atoms with E-state index >= 15 is 0 Å². The standard InChI is InChI=1S/C18H13IN2O/c19-17-8-4-3-7-16(17)18(22)21-20-12-13-9-10-14-5-1-2-6-15(14)11-13/h1-12H,(H,21,22). The second-order valence-electron chi connectivity index (χ2n) is 4.79. The zero-order valence-electron chi connectivity index (χ0n) is 11.7. The minimum atomic E-state index is -0.206. The van der Waals surface area contributed by atoms with Gasteiger partial charge in [-0.15, -0.1) is 0 Å². The molecule has 0 aliphatic rings. The third kappa shape index (κ3) is 3.33. The van der Waals surface area contributed by atoms with E-state index in [-0.39, 0.29) is 5.91 Å². The molecule has 3 aromatic carbocycles. The van der Waals surface area contributed by atoms with E-state index in [9.17, 15) is 4.79 Å². The van der Waals surface area contributed by atoms with Crippen LogP contribution >= 0.6 is 22.6 Å². The van der Waals surface area contributed by atoms with E-state index in [1.165, 1.54) is 5.39 Å². The molecular weight excluding hydrogens is 387 g/mol. The fourth-order valence-corrected chi connectivity index (χ4v) is 2.79. The molecule has 0 spiro atoms. The van der Waals surface area contributed by atoms with Gasteiger partial charge in [-0.3, -0.25) is 4.79 Å². The van der Waals surface area contributed by atoms with Crippen molar-refractivity contribution in [3.8, 4) is 0 Å². The van der Waals surface area contributed by atoms with Crippen LogP contribution in [0.2, 0.25) is 0 Å². The maximum absolute atomic E-state index is 12.0. The van der Waals surface area contributed by atoms with Crippen LogP contribution in [-0.2, 0) is 0 Å². The number of fused-ring (bicyclic) bond motifs is 1. The zero-order valence-corrected chi connectivity index (χ0v) is 13.8. The smallest absolute Gasteiger partial charge is 0.267 e. The van der Waals surface area contributed by atoms with Crippen molar-refractivity contribution in [2.45, 2.75) is 0 Å². The van der Waals surface area contributed by atoms with E-state index in [1.54, 1.807) is 12.3 Å². The number of carbonyl (C=O) groups is 1. The Hall–Kier alpha value is -2.21. The number of nitrogens with zero attached hydrogens (tertiary/aromatic N) is 1. The van der Waals surface area contributed by atoms with Gasteiger partial charge in [0.05, 0.1) is 11.8 Å². The van der Waals surface area contributed by atoms with Crippen LogP contribution < -0.4 is 5.43 Å². The van der Waals surface area contributed by atoms with Crippen LogP contribution in [0.1, 0.15) is 15.9 Å². The van der Waals surface area contributed by atoms with Crippen molar-refractivity contribution in [3.63, 3.8) is 0 Å². The van der Waals surface area contributed by atoms with Crippen LogP contribution in [0.5, 0.6) is 0 Å². The van der Waals surface area contributed by atoms with Gasteiger partial charge in [-0.05, 0) is 57.1 Å². The van der Waals surface area contributed by atoms with Crippen LogP contribution in [0.25, 0.3) is 10.8 Å². The highest BCUT2D eigenvalue weighted by Gasteiger charge is 2.07. The van der Waals surface area contributed by atoms with Crippen LogP contribution in [0.15, 0.2) is 71.8 Å². The maximum atomic E-state index is 12.0. The Kier molecular flexibility index (Phi) is 4.48. The topological polar surface area (TPSA) is 41.5 Å². The lowest BCUT2D eigenvalue weighted by Crippen LogP contribution is -2.18. The van der Waals surface area contributed by atoms with E-state index in [2.05, 4.69) is 45.3 Å². The molecule has 3 rings (SSSR count). The molecule has 0 unspecified atom stereocenters. The van der Waals surface area contributed by atoms with Crippen molar-refractivity contribution in [3.05, 3.63) is 81.4 Å². The van der Waals surface area contributed by atoms with Crippen molar-refractivity contribution in [1.29, 1.82) is 0 Å². The summed E-state index contributed by atoms with van der Waals surface area (Å²) in [5, 5.41) is 6.37. The minimum Gasteiger partial charge on any atom is -0.267 e. The van der Waals surface area contributed by atoms with Crippen LogP contribution in [0.3, 0.4) is 0 Å². The third-order valence-corrected chi connectivity index (χ3v) is 4.21. The van der Waals surface area contributed by atoms with Gasteiger partial charge < -0.3 is 0 Å². The Morgan fingerprint density at radius 3 is 2.50 bits per heavy atom. The summed E-state index contributed by atoms with van der Waals surface area (Å²) in [5.41, 5.74) is 4.13. The average molecular weight is 400 g/mol. The fourth-order valence-electron chi connectivity index (χ4n) is 2.16. The highest BCUT2D eigenvalue weighted by Crippen LogP contribution is 2.14. The number of hydrazone groups is 1. The van der Waals surface area contributed by atoms with Crippen molar-refractivity contribution in [2.75, 3.05) is 0 Å². The molecule has 3 aromatic rings. The van der Waals surface area contributed by atoms with Crippen LogP contribution in [0, 0.1) is 3.57 Å². The summed E-state index contributed by atoms with van der Waals surface area (Å²) in [6.07, 6.45) is 1.65. The molecule has 22 heavy (non-hydrogen) atoms. The molecule has 0 aliphatic carbocycles. The predicted octanol–water partition coefficient (Wildman–Crippen LogP) is 4.21. The first-order valence-corrected chi connectivity index (χ1v) is 7.89. The van der Waals surface area contributed by atoms with Crippen LogP contribution in [0.4, 0.5) is 0 Å². The van der Waals surface area contributed by atoms with Gasteiger partial charge in [0.25, 0.3) is 5.91 Å². The van der Waals surface area contributed by atoms with Crippen molar-refractivity contribution < 1.29 is 4.79 Å². The lowest BCUT2D eigenvalue weighted by atomic mass is 10.1. The van der Waals surface area contributed by atoms with Crippen LogP contribution in [-0.4, -0.2) is 12.1 Å². The van der Waals surface area contributed by atoms with Gasteiger partial charge >= 0.3 is 0 Å². The Bertz CT molecular complexity index is 858. The summed E-state index contributed by atoms with van der Waals surface area (Å²) >= 11 is 2.14. The molecule has 0 atom stereocenters. The molecule has 0 radical (unpaired) electrons. The number of amides is 1. The third-order valence-electron chi connectivity index (χ3n) is 3.27. The van der Waals surface area contributed by atoms with E-state index in [4.69, 9.17) is 0 Å². The highest BCUT2D eigenvalue weighted by atomic mass is 127. The molecule has 0 aromatic heterocycles. The normalized spacial score (nSPS) is 11.0. The zero-order chi connectivity index (χ0) is 15.4. The predicted molar refractivity (Wildman–Crippen MR) is 98.2 cm³/mol. The van der Waals surface area contributed by atoms with E-state index in [0.29, 0.717) is 5.56 Å². The van der Waals surface area contributed by atoms with E-state index < -0.39 is 0 Å². The average Bonchev–Trinajstić information content (AvgIpc) is 2.55. The largest absolute Gasteiger partial charge is 0.272 e. The fraction of sp³-hybridized carbons (Fsp3) is 0. The Morgan fingerprint density at radius 2 is 1.68 bits per heavy atom. The number of rotatable bonds is 3. The Labute approximate surface area is 142 Å². The van der Waals surface area contributed by atoms with Gasteiger partial charge in [0, 0.05) is 3.57 Å². The molecule has 0 fully saturated rings. The van der Waals surface area contributed by atoms with Gasteiger partial charge in [0.15, 0.2) is 0 Å². The minimum absolute atomic E-state index is 0.206. The number of hydrogen-bond donors (Lipinski definition) is 1. The first-order valence-electron chi connectivity index (χ1n) is 6.81. The Morgan fingerprint density at radius 1 is 0.955 bits per heavy atom. The number of nitrogens with one attached hydrogen (secondary N) is 1.